The summed E-state index contributed by atoms with van der Waals surface area (Å²) in [6.07, 6.45) is 2.91. The molecular weight excluding hydrogens is 372 g/mol. The quantitative estimate of drug-likeness (QED) is 0.781. The first kappa shape index (κ1) is 18.6. The number of aromatic nitrogens is 4. The minimum Gasteiger partial charge on any atom is -0.495 e. The number of carbonyl (C=O) groups is 1. The van der Waals surface area contributed by atoms with E-state index in [4.69, 9.17) is 4.74 Å². The third-order valence-electron chi connectivity index (χ3n) is 5.24. The normalized spacial score (nSPS) is 20.8. The summed E-state index contributed by atoms with van der Waals surface area (Å²) in [5.41, 5.74) is 0.206. The lowest BCUT2D eigenvalue weighted by atomic mass is 10.0. The van der Waals surface area contributed by atoms with Gasteiger partial charge in [0.25, 0.3) is 5.92 Å². The van der Waals surface area contributed by atoms with Crippen LogP contribution in [0, 0.1) is 0 Å². The van der Waals surface area contributed by atoms with Gasteiger partial charge in [-0.1, -0.05) is 0 Å². The Balaban J connectivity index is 1.59. The molecule has 4 rings (SSSR count). The van der Waals surface area contributed by atoms with E-state index in [2.05, 4.69) is 10.1 Å². The van der Waals surface area contributed by atoms with E-state index in [0.29, 0.717) is 36.5 Å². The predicted molar refractivity (Wildman–Crippen MR) is 94.5 cm³/mol. The number of aryl methyl sites for hydroxylation is 1. The topological polar surface area (TPSA) is 82.2 Å². The maximum absolute atomic E-state index is 13.5. The van der Waals surface area contributed by atoms with Gasteiger partial charge in [0.05, 0.1) is 32.1 Å². The summed E-state index contributed by atoms with van der Waals surface area (Å²) in [7, 11) is 1.54. The molecular formula is C18H21F2N5O3. The molecule has 0 saturated carbocycles. The monoisotopic (exact) mass is 393 g/mol. The van der Waals surface area contributed by atoms with Gasteiger partial charge in [-0.05, 0) is 25.0 Å². The van der Waals surface area contributed by atoms with Crippen LogP contribution in [0.15, 0.2) is 23.1 Å². The molecule has 28 heavy (non-hydrogen) atoms. The zero-order chi connectivity index (χ0) is 19.9. The van der Waals surface area contributed by atoms with E-state index >= 15 is 0 Å². The van der Waals surface area contributed by atoms with E-state index in [1.54, 1.807) is 18.3 Å². The number of nitrogens with zero attached hydrogens (tertiary/aromatic N) is 5. The summed E-state index contributed by atoms with van der Waals surface area (Å²) in [5, 5.41) is 4.35. The summed E-state index contributed by atoms with van der Waals surface area (Å²) < 4.78 is 34.7. The van der Waals surface area contributed by atoms with Crippen molar-refractivity contribution in [3.63, 3.8) is 0 Å². The maximum atomic E-state index is 13.5. The Bertz CT molecular complexity index is 938. The van der Waals surface area contributed by atoms with Gasteiger partial charge in [0, 0.05) is 19.4 Å². The van der Waals surface area contributed by atoms with Crippen molar-refractivity contribution in [3.05, 3.63) is 40.3 Å². The molecule has 0 aromatic carbocycles. The lowest BCUT2D eigenvalue weighted by Gasteiger charge is -2.27. The largest absolute Gasteiger partial charge is 0.495 e. The average molecular weight is 393 g/mol. The SMILES string of the molecule is COc1ccc(Cn2nc3n(c2=O)[C@H](C(=O)N2CCC(F)(F)C2)CCC3)nc1. The van der Waals surface area contributed by atoms with E-state index in [1.807, 2.05) is 0 Å². The number of hydrogen-bond donors (Lipinski definition) is 0. The Kier molecular flexibility index (Phi) is 4.64. The van der Waals surface area contributed by atoms with Crippen molar-refractivity contribution >= 4 is 5.91 Å². The highest BCUT2D eigenvalue weighted by atomic mass is 19.3. The molecule has 0 bridgehead atoms. The van der Waals surface area contributed by atoms with Crippen LogP contribution in [-0.4, -0.2) is 56.3 Å². The van der Waals surface area contributed by atoms with Crippen molar-refractivity contribution in [2.24, 2.45) is 0 Å². The first-order valence-electron chi connectivity index (χ1n) is 9.22. The number of alkyl halides is 2. The fraction of sp³-hybridized carbons (Fsp3) is 0.556. The van der Waals surface area contributed by atoms with Crippen LogP contribution in [0.4, 0.5) is 8.78 Å². The molecule has 1 amide bonds. The Morgan fingerprint density at radius 1 is 1.39 bits per heavy atom. The van der Waals surface area contributed by atoms with Crippen molar-refractivity contribution in [1.29, 1.82) is 0 Å². The molecule has 0 N–H and O–H groups in total. The third-order valence-corrected chi connectivity index (χ3v) is 5.24. The van der Waals surface area contributed by atoms with Crippen LogP contribution < -0.4 is 10.4 Å². The van der Waals surface area contributed by atoms with Gasteiger partial charge < -0.3 is 9.64 Å². The number of carbonyl (C=O) groups excluding carboxylic acids is 1. The molecule has 1 fully saturated rings. The van der Waals surface area contributed by atoms with Crippen LogP contribution in [-0.2, 0) is 17.8 Å². The number of amides is 1. The molecule has 1 atom stereocenters. The fourth-order valence-corrected chi connectivity index (χ4v) is 3.78. The predicted octanol–water partition coefficient (Wildman–Crippen LogP) is 1.24. The Morgan fingerprint density at radius 2 is 2.21 bits per heavy atom. The number of pyridine rings is 1. The second kappa shape index (κ2) is 6.99. The standard InChI is InChI=1S/C18H21F2N5O3/c1-28-13-6-5-12(21-9-13)10-24-17(27)25-14(3-2-4-15(25)22-24)16(26)23-8-7-18(19,20)11-23/h5-6,9,14H,2-4,7-8,10-11H2,1H3/t14-/m0/s1. The van der Waals surface area contributed by atoms with Crippen LogP contribution in [0.2, 0.25) is 0 Å². The zero-order valence-corrected chi connectivity index (χ0v) is 15.5. The van der Waals surface area contributed by atoms with Crippen LogP contribution in [0.25, 0.3) is 0 Å². The lowest BCUT2D eigenvalue weighted by molar-refractivity contribution is -0.135. The highest BCUT2D eigenvalue weighted by molar-refractivity contribution is 5.81. The summed E-state index contributed by atoms with van der Waals surface area (Å²) >= 11 is 0. The van der Waals surface area contributed by atoms with Crippen LogP contribution >= 0.6 is 0 Å². The number of methoxy groups -OCH3 is 1. The molecule has 0 aliphatic carbocycles. The molecule has 1 saturated heterocycles. The molecule has 2 aromatic heterocycles. The van der Waals surface area contributed by atoms with Crippen LogP contribution in [0.3, 0.4) is 0 Å². The summed E-state index contributed by atoms with van der Waals surface area (Å²) in [5.74, 6) is -2.17. The first-order chi connectivity index (χ1) is 13.4. The van der Waals surface area contributed by atoms with E-state index in [9.17, 15) is 18.4 Å². The second-order valence-electron chi connectivity index (χ2n) is 7.19. The molecule has 10 heteroatoms. The van der Waals surface area contributed by atoms with Crippen molar-refractivity contribution in [1.82, 2.24) is 24.2 Å². The van der Waals surface area contributed by atoms with E-state index < -0.39 is 30.1 Å². The third kappa shape index (κ3) is 3.38. The van der Waals surface area contributed by atoms with Gasteiger partial charge in [0.2, 0.25) is 5.91 Å². The number of ether oxygens (including phenoxy) is 1. The van der Waals surface area contributed by atoms with E-state index in [-0.39, 0.29) is 19.5 Å². The zero-order valence-electron chi connectivity index (χ0n) is 15.5. The van der Waals surface area contributed by atoms with E-state index in [1.165, 1.54) is 16.4 Å². The molecule has 0 spiro atoms. The van der Waals surface area contributed by atoms with E-state index in [0.717, 1.165) is 4.90 Å². The molecule has 4 heterocycles. The highest BCUT2D eigenvalue weighted by Crippen LogP contribution is 2.31. The summed E-state index contributed by atoms with van der Waals surface area (Å²) in [6.45, 7) is -0.418. The number of rotatable bonds is 4. The molecule has 2 aliphatic rings. The summed E-state index contributed by atoms with van der Waals surface area (Å²) in [6, 6.07) is 2.70. The molecule has 2 aromatic rings. The van der Waals surface area contributed by atoms with Crippen LogP contribution in [0.1, 0.15) is 36.8 Å². The first-order valence-corrected chi connectivity index (χ1v) is 9.22. The Morgan fingerprint density at radius 3 is 2.86 bits per heavy atom. The highest BCUT2D eigenvalue weighted by Gasteiger charge is 2.43. The second-order valence-corrected chi connectivity index (χ2v) is 7.19. The summed E-state index contributed by atoms with van der Waals surface area (Å²) in [4.78, 5) is 31.1. The van der Waals surface area contributed by atoms with Gasteiger partial charge in [0.1, 0.15) is 17.6 Å². The smallest absolute Gasteiger partial charge is 0.347 e. The minimum atomic E-state index is -2.86. The van der Waals surface area contributed by atoms with Gasteiger partial charge in [0.15, 0.2) is 0 Å². The lowest BCUT2D eigenvalue weighted by Crippen LogP contribution is -2.42. The van der Waals surface area contributed by atoms with Crippen molar-refractivity contribution in [2.45, 2.75) is 44.2 Å². The van der Waals surface area contributed by atoms with Gasteiger partial charge in [-0.25, -0.2) is 18.3 Å². The van der Waals surface area contributed by atoms with Gasteiger partial charge >= 0.3 is 5.69 Å². The minimum absolute atomic E-state index is 0.0102. The average Bonchev–Trinajstić information content (AvgIpc) is 3.21. The molecule has 8 nitrogen and oxygen atoms in total. The molecule has 0 unspecified atom stereocenters. The number of likely N-dealkylation sites (tertiary alicyclic amines) is 1. The maximum Gasteiger partial charge on any atom is 0.347 e. The fourth-order valence-electron chi connectivity index (χ4n) is 3.78. The molecule has 0 radical (unpaired) electrons. The van der Waals surface area contributed by atoms with Crippen molar-refractivity contribution < 1.29 is 18.3 Å². The van der Waals surface area contributed by atoms with Crippen molar-refractivity contribution in [2.75, 3.05) is 20.2 Å². The number of halogens is 2. The van der Waals surface area contributed by atoms with Gasteiger partial charge in [-0.2, -0.15) is 5.10 Å². The van der Waals surface area contributed by atoms with Crippen molar-refractivity contribution in [3.8, 4) is 5.75 Å². The Hall–Kier alpha value is -2.78. The molecule has 2 aliphatic heterocycles. The number of fused-ring (bicyclic) bond motifs is 1. The van der Waals surface area contributed by atoms with Gasteiger partial charge in [-0.3, -0.25) is 14.3 Å². The Labute approximate surface area is 159 Å². The number of hydrogen-bond acceptors (Lipinski definition) is 5. The van der Waals surface area contributed by atoms with Crippen LogP contribution in [0.5, 0.6) is 5.75 Å². The molecule has 150 valence electrons. The van der Waals surface area contributed by atoms with Gasteiger partial charge in [-0.15, -0.1) is 0 Å².